The highest BCUT2D eigenvalue weighted by molar-refractivity contribution is 9.11. The molecule has 6 aliphatic rings. The van der Waals surface area contributed by atoms with Crippen molar-refractivity contribution in [3.8, 4) is 0 Å². The van der Waals surface area contributed by atoms with Crippen molar-refractivity contribution < 1.29 is 96.1 Å². The minimum absolute atomic E-state index is 0. The Morgan fingerprint density at radius 3 is 0.812 bits per heavy atom. The second-order valence-electron chi connectivity index (χ2n) is 33.0. The van der Waals surface area contributed by atoms with Gasteiger partial charge in [-0.3, -0.25) is 136 Å². The van der Waals surface area contributed by atoms with Gasteiger partial charge in [0.15, 0.2) is 40.4 Å². The number of hydrogen-bond donors (Lipinski definition) is 6. The topological polar surface area (TPSA) is 573 Å². The molecule has 0 saturated heterocycles. The number of carbonyl (C=O) groups is 18. The van der Waals surface area contributed by atoms with E-state index >= 15 is 0 Å². The van der Waals surface area contributed by atoms with E-state index in [0.717, 1.165) is 56.5 Å². The molecule has 18 rings (SSSR count). The lowest BCUT2D eigenvalue weighted by molar-refractivity contribution is -0.394. The first-order valence-corrected chi connectivity index (χ1v) is 44.9. The molecule has 144 heavy (non-hydrogen) atoms. The number of anilines is 6. The number of halogens is 3. The zero-order valence-electron chi connectivity index (χ0n) is 76.1. The van der Waals surface area contributed by atoms with E-state index in [1.807, 2.05) is 18.2 Å². The maximum Gasteiger partial charge on any atom is 0.277 e. The third-order valence-corrected chi connectivity index (χ3v) is 25.1. The second kappa shape index (κ2) is 43.2. The van der Waals surface area contributed by atoms with E-state index in [1.54, 1.807) is 170 Å². The van der Waals surface area contributed by atoms with E-state index in [4.69, 9.17) is 41.0 Å². The Morgan fingerprint density at radius 2 is 0.535 bits per heavy atom. The summed E-state index contributed by atoms with van der Waals surface area (Å²) in [6, 6.07) is 57.6. The molecule has 0 spiro atoms. The molecular formula is C104H82Br3N15O22. The van der Waals surface area contributed by atoms with Gasteiger partial charge in [0.25, 0.3) is 82.3 Å². The SMILES string of the molecule is C.CN1C(=O)c2cc(CC(=O)c3cc([N+](=O)[O-])cc([N+](=O)[O-])c3)cc(N)c2C1=O.CN1C(=O)c2cc(CC(=O)c3ccc(Br)cc3)cc(N)c2C1=O.CN1C(=O)c2cc(CC(=O)c3cccc(Br)c3)cc(N)c2C1=O.CN1C(=O)c2cc(CC(=O)c3ccccc3)cc(N)c2C1=O.CN1C(=O)c2cc(CC(=O)c3ccccc3Br)cc(N)c2C1=O.[C-]#[N+]c1ccc(C(=O)Cc2cc(N)c3c(c2)C(=O)N(C)C3=O)cc1. The Balaban J connectivity index is 0.000000154. The van der Waals surface area contributed by atoms with Crippen LogP contribution in [-0.4, -0.2) is 187 Å². The molecular weight excluding hydrogens is 2050 g/mol. The Morgan fingerprint density at radius 1 is 0.285 bits per heavy atom. The Kier molecular flexibility index (Phi) is 31.5. The average Bonchev–Trinajstić information content (AvgIpc) is 1.64. The summed E-state index contributed by atoms with van der Waals surface area (Å²) in [5, 5.41) is 21.9. The molecule has 726 valence electrons. The molecule has 12 aromatic rings. The predicted molar refractivity (Wildman–Crippen MR) is 540 cm³/mol. The largest absolute Gasteiger partial charge is 0.398 e. The number of amides is 12. The van der Waals surface area contributed by atoms with Crippen LogP contribution in [0.2, 0.25) is 0 Å². The number of carbonyl (C=O) groups excluding carboxylic acids is 18. The molecule has 6 heterocycles. The van der Waals surface area contributed by atoms with Crippen molar-refractivity contribution in [2.24, 2.45) is 0 Å². The van der Waals surface area contributed by atoms with Crippen molar-refractivity contribution in [1.82, 2.24) is 29.4 Å². The second-order valence-corrected chi connectivity index (χ2v) is 35.7. The number of hydrogen-bond acceptors (Lipinski definition) is 28. The first-order chi connectivity index (χ1) is 67.7. The van der Waals surface area contributed by atoms with Crippen LogP contribution in [0, 0.1) is 26.8 Å². The van der Waals surface area contributed by atoms with Crippen LogP contribution >= 0.6 is 47.8 Å². The van der Waals surface area contributed by atoms with Gasteiger partial charge in [0.05, 0.1) is 89.2 Å². The molecule has 0 aliphatic carbocycles. The summed E-state index contributed by atoms with van der Waals surface area (Å²) in [4.78, 5) is 248. The molecule has 40 heteroatoms. The molecule has 12 N–H and O–H groups in total. The highest BCUT2D eigenvalue weighted by atomic mass is 79.9. The summed E-state index contributed by atoms with van der Waals surface area (Å²) < 4.78 is 2.42. The molecule has 12 amide bonds. The van der Waals surface area contributed by atoms with Crippen LogP contribution in [0.15, 0.2) is 232 Å². The van der Waals surface area contributed by atoms with Crippen molar-refractivity contribution in [1.29, 1.82) is 0 Å². The van der Waals surface area contributed by atoms with E-state index < -0.39 is 92.0 Å². The molecule has 0 radical (unpaired) electrons. The van der Waals surface area contributed by atoms with Crippen molar-refractivity contribution >= 4 is 205 Å². The van der Waals surface area contributed by atoms with Gasteiger partial charge in [0.1, 0.15) is 0 Å². The number of nitrogen functional groups attached to an aromatic ring is 6. The molecule has 0 fully saturated rings. The molecule has 0 atom stereocenters. The summed E-state index contributed by atoms with van der Waals surface area (Å²) in [6.45, 7) is 6.91. The number of Topliss-reactive ketones (excluding diaryl/α,β-unsaturated/α-hetero) is 6. The van der Waals surface area contributed by atoms with Gasteiger partial charge in [-0.15, -0.1) is 0 Å². The van der Waals surface area contributed by atoms with Crippen LogP contribution in [0.4, 0.5) is 51.2 Å². The summed E-state index contributed by atoms with van der Waals surface area (Å²) >= 11 is 10.00. The normalized spacial score (nSPS) is 13.1. The predicted octanol–water partition coefficient (Wildman–Crippen LogP) is 14.8. The Hall–Kier alpha value is -18.0. The number of imide groups is 6. The number of rotatable bonds is 20. The van der Waals surface area contributed by atoms with Gasteiger partial charge in [-0.2, -0.15) is 0 Å². The monoisotopic (exact) mass is 2130 g/mol. The van der Waals surface area contributed by atoms with Gasteiger partial charge < -0.3 is 34.4 Å². The number of nitro benzene ring substituents is 2. The number of nitrogens with two attached hydrogens (primary N) is 6. The van der Waals surface area contributed by atoms with E-state index in [0.29, 0.717) is 71.4 Å². The van der Waals surface area contributed by atoms with Crippen LogP contribution in [0.5, 0.6) is 0 Å². The lowest BCUT2D eigenvalue weighted by Gasteiger charge is -2.07. The summed E-state index contributed by atoms with van der Waals surface area (Å²) in [6.07, 6.45) is 0.197. The molecule has 0 bridgehead atoms. The van der Waals surface area contributed by atoms with Gasteiger partial charge in [0.2, 0.25) is 0 Å². The van der Waals surface area contributed by atoms with Crippen LogP contribution in [0.1, 0.15) is 227 Å². The standard InChI is InChI=1S/C18H13N3O3.3C17H13BrN2O3.C17H12N4O7.C17H14N2O3.CH4/c1-20-12-5-3-11(4-6-12)15(22)9-10-7-13-16(14(19)8-10)18(24)21(2)17(13)23;1-20-16(22)12-6-9(7-13(19)15(12)17(20)23)8-14(21)10-2-4-11(18)5-3-10;1-20-16(22)12-5-9(6-13(19)15(12)17(20)23)7-14(21)10-3-2-4-11(18)8-10;1-20-16(22)11-6-9(7-13(19)15(11)17(20)23)8-14(21)10-4-2-3-5-12(10)18;1-19-16(23)12-2-8(3-13(18)15(12)17(19)24)4-14(22)9-5-10(20(25)26)7-11(6-9)21(27)28;1-19-16(21)12-7-10(8-13(18)15(12)17(19)22)9-14(20)11-5-3-2-4-6-11;/h3-8H,9,19H2,2H3;2-7H,8,19H2,1H3;2-6,8H,7,19H2,1H3;2-7H,8,19H2,1H3;2-3,5-7H,4,18H2,1H3;2-8H,9,18H2,1H3;1H4. The van der Waals surface area contributed by atoms with Gasteiger partial charge in [-0.25, -0.2) is 4.85 Å². The number of benzene rings is 12. The number of nitrogens with zero attached hydrogens (tertiary/aromatic N) is 9. The highest BCUT2D eigenvalue weighted by Gasteiger charge is 2.42. The number of ketones is 6. The fourth-order valence-corrected chi connectivity index (χ4v) is 17.2. The van der Waals surface area contributed by atoms with Crippen LogP contribution in [-0.2, 0) is 38.5 Å². The fraction of sp³-hybridized carbons (Fsp3) is 0.125. The minimum atomic E-state index is -0.836. The third kappa shape index (κ3) is 21.9. The van der Waals surface area contributed by atoms with Gasteiger partial charge in [0, 0.05) is 174 Å². The molecule has 0 aromatic heterocycles. The third-order valence-electron chi connectivity index (χ3n) is 23.4. The molecule has 0 unspecified atom stereocenters. The quantitative estimate of drug-likeness (QED) is 0.0103. The summed E-state index contributed by atoms with van der Waals surface area (Å²) in [7, 11) is 8.35. The van der Waals surface area contributed by atoms with Crippen LogP contribution in [0.3, 0.4) is 0 Å². The van der Waals surface area contributed by atoms with Crippen molar-refractivity contribution in [3.63, 3.8) is 0 Å². The number of fused-ring (bicyclic) bond motifs is 6. The molecule has 37 nitrogen and oxygen atoms in total. The zero-order chi connectivity index (χ0) is 104. The lowest BCUT2D eigenvalue weighted by Crippen LogP contribution is -2.24. The number of non-ortho nitro benzene ring substituents is 2. The minimum Gasteiger partial charge on any atom is -0.398 e. The average molecular weight is 2130 g/mol. The maximum atomic E-state index is 12.5. The zero-order valence-corrected chi connectivity index (χ0v) is 80.9. The van der Waals surface area contributed by atoms with Gasteiger partial charge in [-0.1, -0.05) is 152 Å². The Labute approximate surface area is 844 Å². The summed E-state index contributed by atoms with van der Waals surface area (Å²) in [5.41, 5.74) is 44.1. The first kappa shape index (κ1) is 105. The van der Waals surface area contributed by atoms with Crippen LogP contribution < -0.4 is 34.4 Å². The van der Waals surface area contributed by atoms with E-state index in [2.05, 4.69) is 52.6 Å². The number of nitro groups is 2. The molecule has 12 aromatic carbocycles. The van der Waals surface area contributed by atoms with E-state index in [9.17, 15) is 107 Å². The summed E-state index contributed by atoms with van der Waals surface area (Å²) in [5.74, 6) is -6.30. The molecule has 6 aliphatic heterocycles. The van der Waals surface area contributed by atoms with Gasteiger partial charge in [-0.05, 0) is 137 Å². The van der Waals surface area contributed by atoms with E-state index in [-0.39, 0.29) is 187 Å². The van der Waals surface area contributed by atoms with E-state index in [1.165, 1.54) is 54.4 Å². The lowest BCUT2D eigenvalue weighted by atomic mass is 9.97. The Bertz CT molecular complexity index is 7660. The van der Waals surface area contributed by atoms with Crippen molar-refractivity contribution in [2.75, 3.05) is 76.7 Å². The van der Waals surface area contributed by atoms with Crippen molar-refractivity contribution in [2.45, 2.75) is 46.0 Å². The highest BCUT2D eigenvalue weighted by Crippen LogP contribution is 2.38. The first-order valence-electron chi connectivity index (χ1n) is 42.6. The van der Waals surface area contributed by atoms with Crippen molar-refractivity contribution in [3.05, 3.63) is 397 Å². The van der Waals surface area contributed by atoms with Gasteiger partial charge >= 0.3 is 0 Å². The fourth-order valence-electron chi connectivity index (χ4n) is 16.1. The maximum absolute atomic E-state index is 12.5. The van der Waals surface area contributed by atoms with Crippen LogP contribution in [0.25, 0.3) is 4.85 Å². The smallest absolute Gasteiger partial charge is 0.277 e. The molecule has 0 saturated carbocycles.